The summed E-state index contributed by atoms with van der Waals surface area (Å²) >= 11 is 0. The molecule has 39 nitrogen and oxygen atoms in total. The highest BCUT2D eigenvalue weighted by Gasteiger charge is 2.39. The molecule has 0 radical (unpaired) electrons. The lowest BCUT2D eigenvalue weighted by molar-refractivity contribution is -0.144. The Balaban J connectivity index is 5.87. The molecule has 0 aliphatic rings. The third-order valence-corrected chi connectivity index (χ3v) is 18.3. The first-order valence-corrected chi connectivity index (χ1v) is 39.0. The summed E-state index contributed by atoms with van der Waals surface area (Å²) in [5.41, 5.74) is 17.4. The molecule has 0 bridgehead atoms. The van der Waals surface area contributed by atoms with Crippen LogP contribution in [0, 0.1) is 47.3 Å². The molecule has 0 spiro atoms. The number of nitrogens with one attached hydrogen (secondary N) is 16. The summed E-state index contributed by atoms with van der Waals surface area (Å²) in [6.07, 6.45) is 1.36. The van der Waals surface area contributed by atoms with Gasteiger partial charge in [-0.2, -0.15) is 0 Å². The van der Waals surface area contributed by atoms with Crippen LogP contribution in [-0.2, 0) is 81.5 Å². The minimum Gasteiger partial charge on any atom is -0.480 e. The molecule has 0 saturated carbocycles. The van der Waals surface area contributed by atoms with E-state index in [1.807, 2.05) is 13.8 Å². The number of hydrogen-bond donors (Lipinski definition) is 22. The fraction of sp³-hybridized carbons (Fsp3) is 0.770. The molecule has 0 aromatic carbocycles. The molecule has 39 heteroatoms. The van der Waals surface area contributed by atoms with Crippen molar-refractivity contribution in [2.24, 2.45) is 64.5 Å². The number of unbranched alkanes of at least 4 members (excludes halogenated alkanes) is 2. The van der Waals surface area contributed by atoms with Gasteiger partial charge in [0.1, 0.15) is 78.5 Å². The maximum atomic E-state index is 13.9. The molecule has 0 aromatic heterocycles. The first kappa shape index (κ1) is 104. The summed E-state index contributed by atoms with van der Waals surface area (Å²) < 4.78 is 0. The number of hydrogen-bond acceptors (Lipinski definition) is 22. The van der Waals surface area contributed by atoms with Crippen LogP contribution in [0.2, 0.25) is 0 Å². The van der Waals surface area contributed by atoms with Crippen molar-refractivity contribution in [1.82, 2.24) is 85.1 Å². The minimum absolute atomic E-state index is 0.00340. The Kier molecular flexibility index (Phi) is 48.7. The summed E-state index contributed by atoms with van der Waals surface area (Å²) in [7, 11) is 0. The molecule has 0 fully saturated rings. The lowest BCUT2D eigenvalue weighted by atomic mass is 9.97. The van der Waals surface area contributed by atoms with Crippen LogP contribution in [0.1, 0.15) is 189 Å². The second-order valence-electron chi connectivity index (χ2n) is 31.2. The van der Waals surface area contributed by atoms with Crippen LogP contribution in [0.15, 0.2) is 0 Å². The maximum absolute atomic E-state index is 13.9. The van der Waals surface area contributed by atoms with Gasteiger partial charge in [0, 0.05) is 0 Å². The largest absolute Gasteiger partial charge is 0.480 e. The Morgan fingerprint density at radius 3 is 1.02 bits per heavy atom. The van der Waals surface area contributed by atoms with Gasteiger partial charge in [-0.05, 0) is 126 Å². The molecule has 0 heterocycles. The molecular formula is C74H135N19O20. The van der Waals surface area contributed by atoms with Crippen LogP contribution < -0.4 is 102 Å². The van der Waals surface area contributed by atoms with Gasteiger partial charge >= 0.3 is 5.97 Å². The van der Waals surface area contributed by atoms with Crippen molar-refractivity contribution in [3.05, 3.63) is 0 Å². The highest BCUT2D eigenvalue weighted by Crippen LogP contribution is 2.15. The molecule has 16 atom stereocenters. The van der Waals surface area contributed by atoms with Crippen LogP contribution in [0.4, 0.5) is 0 Å². The zero-order chi connectivity index (χ0) is 87.0. The zero-order valence-electron chi connectivity index (χ0n) is 69.4. The number of aliphatic carboxylic acids is 1. The number of nitrogens with two attached hydrogens (primary N) is 3. The number of aliphatic hydroxyl groups is 2. The van der Waals surface area contributed by atoms with Crippen molar-refractivity contribution < 1.29 is 96.8 Å². The van der Waals surface area contributed by atoms with Gasteiger partial charge in [-0.15, -0.1) is 0 Å². The third kappa shape index (κ3) is 38.9. The predicted octanol–water partition coefficient (Wildman–Crippen LogP) is -4.86. The van der Waals surface area contributed by atoms with Gasteiger partial charge < -0.3 is 118 Å². The van der Waals surface area contributed by atoms with Gasteiger partial charge in [-0.25, -0.2) is 4.79 Å². The summed E-state index contributed by atoms with van der Waals surface area (Å²) in [4.78, 5) is 228. The van der Waals surface area contributed by atoms with Crippen molar-refractivity contribution in [3.63, 3.8) is 0 Å². The number of rotatable bonds is 54. The monoisotopic (exact) mass is 1610 g/mol. The number of amides is 16. The van der Waals surface area contributed by atoms with E-state index in [0.29, 0.717) is 38.6 Å². The maximum Gasteiger partial charge on any atom is 0.326 e. The topological polar surface area (TPSA) is 621 Å². The molecule has 16 amide bonds. The molecule has 0 aliphatic carbocycles. The van der Waals surface area contributed by atoms with E-state index in [-0.39, 0.29) is 44.1 Å². The molecule has 0 aliphatic heterocycles. The molecule has 25 N–H and O–H groups in total. The van der Waals surface area contributed by atoms with Crippen LogP contribution in [0.3, 0.4) is 0 Å². The molecule has 0 saturated heterocycles. The summed E-state index contributed by atoms with van der Waals surface area (Å²) in [5, 5.41) is 70.3. The highest BCUT2D eigenvalue weighted by atomic mass is 16.4. The van der Waals surface area contributed by atoms with Crippen molar-refractivity contribution in [2.75, 3.05) is 39.3 Å². The van der Waals surface area contributed by atoms with Gasteiger partial charge in [-0.3, -0.25) is 76.7 Å². The first-order valence-electron chi connectivity index (χ1n) is 39.0. The standard InChI is InChI=1S/C74H135N19O20/c1-20-42(16)59(74(112)113)92-73(111)60(45(19)95)93-66(104)48(29-35(2)3)84-61(99)44(18)82-67(105)50(34-94)86-64(102)47(26-22-24-28-76)83-52(97)32-79-68(106)54(37(6)7)87-53(98)33-80-69(107)55(38(8)9)88-62(100)43(17)81-51(96)31-78-70(108)56(39(10)11)90-72(110)58(41(14)15)91-71(109)57(40(12)13)89-65(103)49(30-36(4)5)85-63(101)46(77)25-21-23-27-75/h35-50,54-60,94-95H,20-34,75-77H2,1-19H3,(H,78,108)(H,79,106)(H,80,107)(H,81,96)(H,82,105)(H,83,97)(H,84,99)(H,85,101)(H,86,102)(H,87,98)(H,88,100)(H,89,103)(H,90,110)(H,91,109)(H,92,111)(H,93,104)(H,112,113)/t42-,43-,44-,45+,46-,47-,48-,49-,50-,54-,55-,56-,57-,58-,59-,60-/m0/s1. The van der Waals surface area contributed by atoms with Crippen molar-refractivity contribution in [1.29, 1.82) is 0 Å². The number of carbonyl (C=O) groups is 17. The van der Waals surface area contributed by atoms with E-state index < -0.39 is 253 Å². The average Bonchev–Trinajstić information content (AvgIpc) is 0.848. The zero-order valence-corrected chi connectivity index (χ0v) is 69.4. The Labute approximate surface area is 663 Å². The molecular weight excluding hydrogens is 1470 g/mol. The Hall–Kier alpha value is -9.21. The van der Waals surface area contributed by atoms with Crippen LogP contribution in [0.25, 0.3) is 0 Å². The molecule has 0 rings (SSSR count). The van der Waals surface area contributed by atoms with Crippen LogP contribution in [-0.4, -0.2) is 246 Å². The average molecular weight is 1610 g/mol. The normalized spacial score (nSPS) is 15.7. The Bertz CT molecular complexity index is 3150. The van der Waals surface area contributed by atoms with E-state index in [9.17, 15) is 96.8 Å². The predicted molar refractivity (Wildman–Crippen MR) is 418 cm³/mol. The SMILES string of the molecule is CC[C@H](C)[C@H](NC(=O)[C@@H](NC(=O)[C@H](CC(C)C)NC(=O)[C@H](C)NC(=O)[C@H](CO)NC(=O)[C@H](CCCCN)NC(=O)CNC(=O)[C@@H](NC(=O)CNC(=O)[C@@H](NC(=O)[C@H](C)NC(=O)CNC(=O)[C@@H](NC(=O)[C@@H](NC(=O)[C@@H](NC(=O)[C@H](CC(C)C)NC(=O)[C@@H](N)CCCCN)C(C)C)C(C)C)C(C)C)C(C)C)C(C)C)[C@@H](C)O)C(=O)O. The number of carbonyl (C=O) groups excluding carboxylic acids is 16. The number of aliphatic hydroxyl groups excluding tert-OH is 2. The van der Waals surface area contributed by atoms with Crippen molar-refractivity contribution in [3.8, 4) is 0 Å². The van der Waals surface area contributed by atoms with E-state index in [0.717, 1.165) is 0 Å². The second kappa shape index (κ2) is 53.0. The molecule has 0 aromatic rings. The van der Waals surface area contributed by atoms with Gasteiger partial charge in [0.25, 0.3) is 0 Å². The Morgan fingerprint density at radius 2 is 0.628 bits per heavy atom. The van der Waals surface area contributed by atoms with E-state index in [1.54, 1.807) is 96.9 Å². The second-order valence-corrected chi connectivity index (χ2v) is 31.2. The summed E-state index contributed by atoms with van der Waals surface area (Å²) in [6.45, 7) is 28.0. The van der Waals surface area contributed by atoms with Crippen molar-refractivity contribution in [2.45, 2.75) is 280 Å². The number of carboxylic acid groups (broad SMARTS) is 1. The lowest BCUT2D eigenvalue weighted by Gasteiger charge is -2.30. The van der Waals surface area contributed by atoms with E-state index >= 15 is 0 Å². The molecule has 0 unspecified atom stereocenters. The third-order valence-electron chi connectivity index (χ3n) is 18.3. The summed E-state index contributed by atoms with van der Waals surface area (Å²) in [6, 6.07) is -18.3. The summed E-state index contributed by atoms with van der Waals surface area (Å²) in [5.74, 6) is -18.3. The molecule has 113 heavy (non-hydrogen) atoms. The highest BCUT2D eigenvalue weighted by molar-refractivity contribution is 6.00. The van der Waals surface area contributed by atoms with E-state index in [4.69, 9.17) is 17.2 Å². The van der Waals surface area contributed by atoms with Crippen LogP contribution >= 0.6 is 0 Å². The van der Waals surface area contributed by atoms with Crippen molar-refractivity contribution >= 4 is 100 Å². The first-order chi connectivity index (χ1) is 52.6. The lowest BCUT2D eigenvalue weighted by Crippen LogP contribution is -2.61. The Morgan fingerprint density at radius 1 is 0.319 bits per heavy atom. The quantitative estimate of drug-likeness (QED) is 0.0254. The smallest absolute Gasteiger partial charge is 0.326 e. The fourth-order valence-electron chi connectivity index (χ4n) is 11.2. The van der Waals surface area contributed by atoms with Crippen LogP contribution in [0.5, 0.6) is 0 Å². The van der Waals surface area contributed by atoms with Gasteiger partial charge in [0.05, 0.1) is 38.4 Å². The molecule has 646 valence electrons. The van der Waals surface area contributed by atoms with E-state index in [1.165, 1.54) is 20.8 Å². The van der Waals surface area contributed by atoms with Gasteiger partial charge in [0.15, 0.2) is 0 Å². The van der Waals surface area contributed by atoms with Gasteiger partial charge in [0.2, 0.25) is 94.5 Å². The fourth-order valence-corrected chi connectivity index (χ4v) is 11.2. The minimum atomic E-state index is -1.71. The van der Waals surface area contributed by atoms with Gasteiger partial charge in [-0.1, -0.05) is 124 Å². The number of carboxylic acids is 1. The van der Waals surface area contributed by atoms with E-state index in [2.05, 4.69) is 85.1 Å².